The van der Waals surface area contributed by atoms with Crippen LogP contribution in [0.5, 0.6) is 5.75 Å². The maximum Gasteiger partial charge on any atom is 0.223 e. The molecule has 124 valence electrons. The number of hydrogen-bond acceptors (Lipinski definition) is 4. The summed E-state index contributed by atoms with van der Waals surface area (Å²) < 4.78 is 7.53. The number of ether oxygens (including phenoxy) is 1. The number of rotatable bonds is 6. The molecule has 1 amide bonds. The monoisotopic (exact) mass is 324 g/mol. The Morgan fingerprint density at radius 1 is 1.21 bits per heavy atom. The van der Waals surface area contributed by atoms with Crippen molar-refractivity contribution in [1.82, 2.24) is 19.9 Å². The van der Waals surface area contributed by atoms with Crippen LogP contribution in [0.25, 0.3) is 5.65 Å². The number of aryl methyl sites for hydroxylation is 2. The number of hydrogen-bond donors (Lipinski definition) is 1. The molecule has 6 heteroatoms. The van der Waals surface area contributed by atoms with E-state index in [1.165, 1.54) is 5.56 Å². The molecule has 1 N–H and O–H groups in total. The summed E-state index contributed by atoms with van der Waals surface area (Å²) in [5.41, 5.74) is 3.03. The molecular weight excluding hydrogens is 304 g/mol. The number of fused-ring (bicyclic) bond motifs is 1. The molecule has 0 atom stereocenters. The smallest absolute Gasteiger partial charge is 0.223 e. The van der Waals surface area contributed by atoms with E-state index in [9.17, 15) is 4.79 Å². The van der Waals surface area contributed by atoms with Crippen LogP contribution in [0, 0.1) is 13.8 Å². The molecule has 1 aromatic carbocycles. The number of pyridine rings is 1. The average Bonchev–Trinajstić information content (AvgIpc) is 2.98. The second kappa shape index (κ2) is 7.12. The highest BCUT2D eigenvalue weighted by atomic mass is 16.5. The molecule has 0 aliphatic heterocycles. The lowest BCUT2D eigenvalue weighted by atomic mass is 10.1. The third kappa shape index (κ3) is 3.71. The van der Waals surface area contributed by atoms with Gasteiger partial charge in [-0.15, -0.1) is 10.2 Å². The highest BCUT2D eigenvalue weighted by molar-refractivity contribution is 5.75. The molecule has 0 unspecified atom stereocenters. The zero-order valence-corrected chi connectivity index (χ0v) is 13.8. The Morgan fingerprint density at radius 2 is 2.08 bits per heavy atom. The molecule has 0 spiro atoms. The van der Waals surface area contributed by atoms with Crippen molar-refractivity contribution >= 4 is 11.6 Å². The van der Waals surface area contributed by atoms with Crippen LogP contribution in [0.3, 0.4) is 0 Å². The van der Waals surface area contributed by atoms with Gasteiger partial charge >= 0.3 is 0 Å². The normalized spacial score (nSPS) is 10.8. The van der Waals surface area contributed by atoms with Gasteiger partial charge in [0.15, 0.2) is 11.5 Å². The maximum atomic E-state index is 12.0. The molecule has 6 nitrogen and oxygen atoms in total. The van der Waals surface area contributed by atoms with Gasteiger partial charge in [-0.1, -0.05) is 23.8 Å². The molecule has 0 saturated carbocycles. The van der Waals surface area contributed by atoms with Gasteiger partial charge in [-0.2, -0.15) is 0 Å². The first kappa shape index (κ1) is 16.0. The van der Waals surface area contributed by atoms with E-state index in [2.05, 4.69) is 21.6 Å². The summed E-state index contributed by atoms with van der Waals surface area (Å²) in [4.78, 5) is 12.0. The fraction of sp³-hybridized carbons (Fsp3) is 0.278. The molecular formula is C18H20N4O2. The van der Waals surface area contributed by atoms with Crippen molar-refractivity contribution in [2.75, 3.05) is 6.61 Å². The molecule has 0 bridgehead atoms. The summed E-state index contributed by atoms with van der Waals surface area (Å²) in [5, 5.41) is 11.0. The Kier molecular flexibility index (Phi) is 4.74. The van der Waals surface area contributed by atoms with Gasteiger partial charge < -0.3 is 10.1 Å². The van der Waals surface area contributed by atoms with Crippen molar-refractivity contribution in [2.45, 2.75) is 26.8 Å². The van der Waals surface area contributed by atoms with Crippen LogP contribution < -0.4 is 10.1 Å². The predicted molar refractivity (Wildman–Crippen MR) is 90.9 cm³/mol. The van der Waals surface area contributed by atoms with E-state index >= 15 is 0 Å². The van der Waals surface area contributed by atoms with Gasteiger partial charge in [-0.3, -0.25) is 9.20 Å². The van der Waals surface area contributed by atoms with Crippen LogP contribution in [0.1, 0.15) is 23.4 Å². The Balaban J connectivity index is 1.47. The molecule has 3 rings (SSSR count). The van der Waals surface area contributed by atoms with Crippen LogP contribution in [0.2, 0.25) is 0 Å². The maximum absolute atomic E-state index is 12.0. The Labute approximate surface area is 140 Å². The molecule has 3 aromatic rings. The first-order valence-electron chi connectivity index (χ1n) is 7.89. The fourth-order valence-corrected chi connectivity index (χ4v) is 2.49. The van der Waals surface area contributed by atoms with Gasteiger partial charge in [-0.05, 0) is 37.6 Å². The Hall–Kier alpha value is -2.89. The standard InChI is InChI=1S/C18H20N4O2/c1-13-6-7-15(14(2)11-13)24-10-8-18(23)19-12-17-21-20-16-5-3-4-9-22(16)17/h3-7,9,11H,8,10,12H2,1-2H3,(H,19,23). The first-order chi connectivity index (χ1) is 11.6. The third-order valence-electron chi connectivity index (χ3n) is 3.75. The van der Waals surface area contributed by atoms with Gasteiger partial charge in [0, 0.05) is 6.20 Å². The summed E-state index contributed by atoms with van der Waals surface area (Å²) in [6.07, 6.45) is 2.17. The second-order valence-electron chi connectivity index (χ2n) is 5.69. The minimum atomic E-state index is -0.0764. The number of carbonyl (C=O) groups excluding carboxylic acids is 1. The summed E-state index contributed by atoms with van der Waals surface area (Å²) in [7, 11) is 0. The lowest BCUT2D eigenvalue weighted by Gasteiger charge is -2.09. The van der Waals surface area contributed by atoms with Crippen LogP contribution in [0.15, 0.2) is 42.6 Å². The summed E-state index contributed by atoms with van der Waals surface area (Å²) in [5.74, 6) is 1.44. The Morgan fingerprint density at radius 3 is 2.92 bits per heavy atom. The quantitative estimate of drug-likeness (QED) is 0.756. The van der Waals surface area contributed by atoms with E-state index in [1.54, 1.807) is 0 Å². The summed E-state index contributed by atoms with van der Waals surface area (Å²) >= 11 is 0. The molecule has 0 fully saturated rings. The Bertz CT molecular complexity index is 857. The van der Waals surface area contributed by atoms with Gasteiger partial charge in [0.2, 0.25) is 5.91 Å². The van der Waals surface area contributed by atoms with Crippen molar-refractivity contribution in [3.63, 3.8) is 0 Å². The van der Waals surface area contributed by atoms with Crippen LogP contribution >= 0.6 is 0 Å². The van der Waals surface area contributed by atoms with E-state index in [0.717, 1.165) is 17.0 Å². The van der Waals surface area contributed by atoms with Crippen LogP contribution in [0.4, 0.5) is 0 Å². The molecule has 24 heavy (non-hydrogen) atoms. The number of aromatic nitrogens is 3. The number of amides is 1. The molecule has 2 aromatic heterocycles. The molecule has 0 radical (unpaired) electrons. The zero-order valence-electron chi connectivity index (χ0n) is 13.8. The van der Waals surface area contributed by atoms with Gasteiger partial charge in [0.25, 0.3) is 0 Å². The topological polar surface area (TPSA) is 68.5 Å². The van der Waals surface area contributed by atoms with Crippen molar-refractivity contribution < 1.29 is 9.53 Å². The summed E-state index contributed by atoms with van der Waals surface area (Å²) in [6.45, 7) is 4.72. The number of nitrogens with zero attached hydrogens (tertiary/aromatic N) is 3. The SMILES string of the molecule is Cc1ccc(OCCC(=O)NCc2nnc3ccccn23)c(C)c1. The lowest BCUT2D eigenvalue weighted by molar-refractivity contribution is -0.121. The van der Waals surface area contributed by atoms with Crippen LogP contribution in [-0.2, 0) is 11.3 Å². The zero-order chi connectivity index (χ0) is 16.9. The number of carbonyl (C=O) groups is 1. The van der Waals surface area contributed by atoms with Gasteiger partial charge in [-0.25, -0.2) is 0 Å². The highest BCUT2D eigenvalue weighted by Crippen LogP contribution is 2.18. The van der Waals surface area contributed by atoms with E-state index in [0.29, 0.717) is 25.4 Å². The van der Waals surface area contributed by atoms with Crippen molar-refractivity contribution in [1.29, 1.82) is 0 Å². The van der Waals surface area contributed by atoms with E-state index in [1.807, 2.05) is 54.8 Å². The van der Waals surface area contributed by atoms with Crippen LogP contribution in [-0.4, -0.2) is 27.1 Å². The lowest BCUT2D eigenvalue weighted by Crippen LogP contribution is -2.25. The van der Waals surface area contributed by atoms with Gasteiger partial charge in [0.1, 0.15) is 5.75 Å². The molecule has 0 saturated heterocycles. The average molecular weight is 324 g/mol. The largest absolute Gasteiger partial charge is 0.493 e. The van der Waals surface area contributed by atoms with Crippen molar-refractivity contribution in [3.05, 3.63) is 59.5 Å². The van der Waals surface area contributed by atoms with Gasteiger partial charge in [0.05, 0.1) is 19.6 Å². The molecule has 0 aliphatic rings. The minimum Gasteiger partial charge on any atom is -0.493 e. The van der Waals surface area contributed by atoms with E-state index in [-0.39, 0.29) is 5.91 Å². The van der Waals surface area contributed by atoms with E-state index in [4.69, 9.17) is 4.74 Å². The third-order valence-corrected chi connectivity index (χ3v) is 3.75. The number of nitrogens with one attached hydrogen (secondary N) is 1. The first-order valence-corrected chi connectivity index (χ1v) is 7.89. The molecule has 0 aliphatic carbocycles. The number of benzene rings is 1. The van der Waals surface area contributed by atoms with Crippen molar-refractivity contribution in [2.24, 2.45) is 0 Å². The predicted octanol–water partition coefficient (Wildman–Crippen LogP) is 2.43. The van der Waals surface area contributed by atoms with E-state index < -0.39 is 0 Å². The summed E-state index contributed by atoms with van der Waals surface area (Å²) in [6, 6.07) is 11.7. The second-order valence-corrected chi connectivity index (χ2v) is 5.69. The molecule has 2 heterocycles. The fourth-order valence-electron chi connectivity index (χ4n) is 2.49. The minimum absolute atomic E-state index is 0.0764. The highest BCUT2D eigenvalue weighted by Gasteiger charge is 2.07. The van der Waals surface area contributed by atoms with Crippen molar-refractivity contribution in [3.8, 4) is 5.75 Å².